The van der Waals surface area contributed by atoms with Crippen LogP contribution in [0.2, 0.25) is 0 Å². The van der Waals surface area contributed by atoms with Gasteiger partial charge in [0.05, 0.1) is 13.7 Å². The summed E-state index contributed by atoms with van der Waals surface area (Å²) in [5.41, 5.74) is 5.43. The first-order chi connectivity index (χ1) is 15.6. The highest BCUT2D eigenvalue weighted by Gasteiger charge is 2.42. The number of rotatable bonds is 6. The Morgan fingerprint density at radius 2 is 1.81 bits per heavy atom. The van der Waals surface area contributed by atoms with Gasteiger partial charge in [-0.1, -0.05) is 18.2 Å². The van der Waals surface area contributed by atoms with Gasteiger partial charge >= 0.3 is 0 Å². The number of benzene rings is 3. The summed E-state index contributed by atoms with van der Waals surface area (Å²) >= 11 is 0. The van der Waals surface area contributed by atoms with E-state index >= 15 is 0 Å². The molecule has 0 spiro atoms. The SMILES string of the molecule is CNc1cccc(CC2=C(c3ccc4c(c3)OCO4)COC2(O)c2ccc(OC)cc2)c1. The summed E-state index contributed by atoms with van der Waals surface area (Å²) in [5.74, 6) is 0.597. The fourth-order valence-electron chi connectivity index (χ4n) is 4.24. The standard InChI is InChI=1S/C26H25NO5/c1-27-20-5-3-4-17(12-20)13-23-22(18-6-11-24-25(14-18)31-16-30-24)15-32-26(23,28)19-7-9-21(29-2)10-8-19/h3-12,14,27-28H,13,15-16H2,1-2H3. The van der Waals surface area contributed by atoms with Crippen LogP contribution < -0.4 is 19.5 Å². The quantitative estimate of drug-likeness (QED) is 0.605. The lowest BCUT2D eigenvalue weighted by molar-refractivity contribution is -0.162. The van der Waals surface area contributed by atoms with E-state index in [1.165, 1.54) is 0 Å². The Hall–Kier alpha value is -3.48. The first kappa shape index (κ1) is 20.4. The number of nitrogens with one attached hydrogen (secondary N) is 1. The van der Waals surface area contributed by atoms with Gasteiger partial charge in [0.25, 0.3) is 0 Å². The van der Waals surface area contributed by atoms with E-state index in [2.05, 4.69) is 17.4 Å². The van der Waals surface area contributed by atoms with Crippen LogP contribution in [0.25, 0.3) is 5.57 Å². The van der Waals surface area contributed by atoms with Crippen molar-refractivity contribution < 1.29 is 24.1 Å². The van der Waals surface area contributed by atoms with Gasteiger partial charge in [-0.25, -0.2) is 0 Å². The highest BCUT2D eigenvalue weighted by atomic mass is 16.7. The summed E-state index contributed by atoms with van der Waals surface area (Å²) in [7, 11) is 3.51. The second-order valence-corrected chi connectivity index (χ2v) is 7.81. The summed E-state index contributed by atoms with van der Waals surface area (Å²) in [5, 5.41) is 15.0. The van der Waals surface area contributed by atoms with E-state index in [-0.39, 0.29) is 13.4 Å². The molecule has 6 nitrogen and oxygen atoms in total. The highest BCUT2D eigenvalue weighted by molar-refractivity contribution is 5.75. The molecule has 1 atom stereocenters. The van der Waals surface area contributed by atoms with E-state index in [0.29, 0.717) is 17.7 Å². The zero-order chi connectivity index (χ0) is 22.1. The van der Waals surface area contributed by atoms with Crippen molar-refractivity contribution >= 4 is 11.3 Å². The van der Waals surface area contributed by atoms with Gasteiger partial charge in [0.2, 0.25) is 12.6 Å². The number of methoxy groups -OCH3 is 1. The molecule has 5 rings (SSSR count). The lowest BCUT2D eigenvalue weighted by Gasteiger charge is -2.27. The van der Waals surface area contributed by atoms with Crippen LogP contribution in [0.3, 0.4) is 0 Å². The molecule has 0 radical (unpaired) electrons. The van der Waals surface area contributed by atoms with Crippen LogP contribution in [0, 0.1) is 0 Å². The lowest BCUT2D eigenvalue weighted by Crippen LogP contribution is -2.29. The second-order valence-electron chi connectivity index (χ2n) is 7.81. The Kier molecular flexibility index (Phi) is 5.25. The van der Waals surface area contributed by atoms with Crippen LogP contribution in [0.1, 0.15) is 16.7 Å². The molecule has 2 aliphatic heterocycles. The van der Waals surface area contributed by atoms with Gasteiger partial charge < -0.3 is 29.4 Å². The van der Waals surface area contributed by atoms with Crippen molar-refractivity contribution in [2.45, 2.75) is 12.2 Å². The monoisotopic (exact) mass is 431 g/mol. The number of aliphatic hydroxyl groups is 1. The van der Waals surface area contributed by atoms with Gasteiger partial charge in [0, 0.05) is 23.9 Å². The van der Waals surface area contributed by atoms with Gasteiger partial charge in [-0.3, -0.25) is 0 Å². The largest absolute Gasteiger partial charge is 0.497 e. The Morgan fingerprint density at radius 1 is 1.00 bits per heavy atom. The van der Waals surface area contributed by atoms with Crippen molar-refractivity contribution in [2.24, 2.45) is 0 Å². The molecule has 0 fully saturated rings. The predicted molar refractivity (Wildman–Crippen MR) is 122 cm³/mol. The maximum atomic E-state index is 11.8. The summed E-state index contributed by atoms with van der Waals surface area (Å²) in [6.07, 6.45) is 0.530. The van der Waals surface area contributed by atoms with Gasteiger partial charge in [-0.05, 0) is 71.7 Å². The van der Waals surface area contributed by atoms with Crippen LogP contribution in [0.15, 0.2) is 72.3 Å². The third kappa shape index (κ3) is 3.57. The highest BCUT2D eigenvalue weighted by Crippen LogP contribution is 2.45. The Bertz CT molecular complexity index is 1170. The normalized spacial score (nSPS) is 19.3. The van der Waals surface area contributed by atoms with Gasteiger partial charge in [0.1, 0.15) is 5.75 Å². The minimum Gasteiger partial charge on any atom is -0.497 e. The van der Waals surface area contributed by atoms with Crippen molar-refractivity contribution in [3.63, 3.8) is 0 Å². The maximum Gasteiger partial charge on any atom is 0.231 e. The zero-order valence-electron chi connectivity index (χ0n) is 18.1. The van der Waals surface area contributed by atoms with Crippen LogP contribution in [-0.2, 0) is 16.9 Å². The number of anilines is 1. The van der Waals surface area contributed by atoms with Crippen molar-refractivity contribution in [1.82, 2.24) is 0 Å². The fraction of sp³-hybridized carbons (Fsp3) is 0.231. The topological polar surface area (TPSA) is 69.2 Å². The molecular weight excluding hydrogens is 406 g/mol. The van der Waals surface area contributed by atoms with E-state index in [1.807, 2.05) is 61.6 Å². The molecule has 0 saturated carbocycles. The first-order valence-corrected chi connectivity index (χ1v) is 10.5. The van der Waals surface area contributed by atoms with E-state index in [9.17, 15) is 5.11 Å². The zero-order valence-corrected chi connectivity index (χ0v) is 18.1. The first-order valence-electron chi connectivity index (χ1n) is 10.5. The van der Waals surface area contributed by atoms with E-state index < -0.39 is 5.79 Å². The Labute approximate surface area is 187 Å². The fourth-order valence-corrected chi connectivity index (χ4v) is 4.24. The third-order valence-electron chi connectivity index (χ3n) is 6.00. The summed E-state index contributed by atoms with van der Waals surface area (Å²) in [6, 6.07) is 21.3. The average Bonchev–Trinajstić information content (AvgIpc) is 3.44. The Balaban J connectivity index is 1.61. The second kappa shape index (κ2) is 8.22. The van der Waals surface area contributed by atoms with E-state index in [1.54, 1.807) is 7.11 Å². The molecule has 6 heteroatoms. The van der Waals surface area contributed by atoms with Gasteiger partial charge in [0.15, 0.2) is 11.5 Å². The summed E-state index contributed by atoms with van der Waals surface area (Å²) in [6.45, 7) is 0.497. The molecule has 1 unspecified atom stereocenters. The van der Waals surface area contributed by atoms with Crippen molar-refractivity contribution in [2.75, 3.05) is 32.9 Å². The molecule has 0 aliphatic carbocycles. The smallest absolute Gasteiger partial charge is 0.231 e. The van der Waals surface area contributed by atoms with Crippen LogP contribution in [-0.4, -0.2) is 32.7 Å². The number of hydrogen-bond donors (Lipinski definition) is 2. The molecule has 3 aromatic rings. The van der Waals surface area contributed by atoms with E-state index in [0.717, 1.165) is 39.5 Å². The van der Waals surface area contributed by atoms with Gasteiger partial charge in [-0.15, -0.1) is 0 Å². The average molecular weight is 431 g/mol. The minimum atomic E-state index is -1.55. The maximum absolute atomic E-state index is 11.8. The van der Waals surface area contributed by atoms with Crippen molar-refractivity contribution in [3.8, 4) is 17.2 Å². The molecule has 0 amide bonds. The number of ether oxygens (including phenoxy) is 4. The molecule has 32 heavy (non-hydrogen) atoms. The molecule has 2 heterocycles. The minimum absolute atomic E-state index is 0.216. The lowest BCUT2D eigenvalue weighted by atomic mass is 9.88. The van der Waals surface area contributed by atoms with Crippen LogP contribution in [0.5, 0.6) is 17.2 Å². The molecule has 0 aromatic heterocycles. The molecule has 3 aromatic carbocycles. The third-order valence-corrected chi connectivity index (χ3v) is 6.00. The summed E-state index contributed by atoms with van der Waals surface area (Å²) in [4.78, 5) is 0. The van der Waals surface area contributed by atoms with Crippen LogP contribution in [0.4, 0.5) is 5.69 Å². The number of hydrogen-bond acceptors (Lipinski definition) is 6. The molecule has 2 aliphatic rings. The molecule has 0 bridgehead atoms. The van der Waals surface area contributed by atoms with Crippen LogP contribution >= 0.6 is 0 Å². The van der Waals surface area contributed by atoms with Crippen molar-refractivity contribution in [3.05, 3.63) is 89.0 Å². The molecule has 2 N–H and O–H groups in total. The summed E-state index contributed by atoms with van der Waals surface area (Å²) < 4.78 is 22.4. The molecular formula is C26H25NO5. The van der Waals surface area contributed by atoms with E-state index in [4.69, 9.17) is 18.9 Å². The van der Waals surface area contributed by atoms with Crippen molar-refractivity contribution in [1.29, 1.82) is 0 Å². The Morgan fingerprint density at radius 3 is 2.59 bits per heavy atom. The molecule has 164 valence electrons. The molecule has 0 saturated heterocycles. The van der Waals surface area contributed by atoms with Gasteiger partial charge in [-0.2, -0.15) is 0 Å². The number of fused-ring (bicyclic) bond motifs is 1. The predicted octanol–water partition coefficient (Wildman–Crippen LogP) is 4.34.